The Morgan fingerprint density at radius 2 is 2.29 bits per heavy atom. The van der Waals surface area contributed by atoms with E-state index in [0.29, 0.717) is 10.8 Å². The average molecular weight is 326 g/mol. The minimum absolute atomic E-state index is 0.471. The van der Waals surface area contributed by atoms with Crippen molar-refractivity contribution in [1.29, 1.82) is 0 Å². The van der Waals surface area contributed by atoms with Gasteiger partial charge in [-0.3, -0.25) is 4.79 Å². The summed E-state index contributed by atoms with van der Waals surface area (Å²) in [7, 11) is 0. The molecule has 1 rings (SSSR count). The molecule has 0 bridgehead atoms. The van der Waals surface area contributed by atoms with Crippen LogP contribution in [0.5, 0.6) is 5.75 Å². The Bertz CT molecular complexity index is 357. The molecular weight excluding hydrogens is 316 g/mol. The van der Waals surface area contributed by atoms with Crippen LogP contribution in [0.3, 0.4) is 0 Å². The van der Waals surface area contributed by atoms with E-state index in [0.717, 1.165) is 3.57 Å². The van der Waals surface area contributed by atoms with Crippen LogP contribution in [0.2, 0.25) is 5.02 Å². The highest BCUT2D eigenvalue weighted by Gasteiger charge is 2.12. The topological polar surface area (TPSA) is 52.3 Å². The molecule has 76 valence electrons. The van der Waals surface area contributed by atoms with E-state index in [4.69, 9.17) is 22.1 Å². The lowest BCUT2D eigenvalue weighted by Gasteiger charge is -2.12. The van der Waals surface area contributed by atoms with Crippen LogP contribution in [-0.2, 0) is 4.79 Å². The summed E-state index contributed by atoms with van der Waals surface area (Å²) in [5.41, 5.74) is 5.06. The minimum atomic E-state index is -0.675. The summed E-state index contributed by atoms with van der Waals surface area (Å²) in [4.78, 5) is 10.8. The van der Waals surface area contributed by atoms with Gasteiger partial charge >= 0.3 is 0 Å². The highest BCUT2D eigenvalue weighted by atomic mass is 127. The fourth-order valence-electron chi connectivity index (χ4n) is 0.816. The number of ether oxygens (including phenoxy) is 1. The standard InChI is InChI=1S/C9H9ClINO2/c1-5(9(12)13)14-8-4-6(11)2-3-7(8)10/h2-5H,1H3,(H2,12,13). The van der Waals surface area contributed by atoms with Gasteiger partial charge < -0.3 is 10.5 Å². The highest BCUT2D eigenvalue weighted by molar-refractivity contribution is 14.1. The van der Waals surface area contributed by atoms with E-state index < -0.39 is 12.0 Å². The van der Waals surface area contributed by atoms with Gasteiger partial charge in [0.05, 0.1) is 5.02 Å². The fourth-order valence-corrected chi connectivity index (χ4v) is 1.44. The van der Waals surface area contributed by atoms with Gasteiger partial charge in [-0.05, 0) is 47.7 Å². The number of carbonyl (C=O) groups is 1. The first-order valence-electron chi connectivity index (χ1n) is 3.91. The molecular formula is C9H9ClINO2. The summed E-state index contributed by atoms with van der Waals surface area (Å²) in [6.45, 7) is 1.58. The van der Waals surface area contributed by atoms with Crippen molar-refractivity contribution in [2.45, 2.75) is 13.0 Å². The number of rotatable bonds is 3. The van der Waals surface area contributed by atoms with Crippen molar-refractivity contribution in [1.82, 2.24) is 0 Å². The molecule has 1 aromatic rings. The van der Waals surface area contributed by atoms with Crippen LogP contribution < -0.4 is 10.5 Å². The van der Waals surface area contributed by atoms with Crippen molar-refractivity contribution < 1.29 is 9.53 Å². The van der Waals surface area contributed by atoms with Crippen LogP contribution in [0, 0.1) is 3.57 Å². The first-order chi connectivity index (χ1) is 6.50. The van der Waals surface area contributed by atoms with Gasteiger partial charge in [0.15, 0.2) is 6.10 Å². The number of hydrogen-bond donors (Lipinski definition) is 1. The molecule has 0 heterocycles. The number of carbonyl (C=O) groups excluding carboxylic acids is 1. The molecule has 1 amide bonds. The van der Waals surface area contributed by atoms with E-state index in [9.17, 15) is 4.79 Å². The van der Waals surface area contributed by atoms with E-state index in [1.165, 1.54) is 0 Å². The zero-order valence-corrected chi connectivity index (χ0v) is 10.4. The highest BCUT2D eigenvalue weighted by Crippen LogP contribution is 2.26. The molecule has 14 heavy (non-hydrogen) atoms. The lowest BCUT2D eigenvalue weighted by Crippen LogP contribution is -2.30. The molecule has 5 heteroatoms. The summed E-state index contributed by atoms with van der Waals surface area (Å²) in [5, 5.41) is 0.471. The van der Waals surface area contributed by atoms with Gasteiger partial charge in [0.25, 0.3) is 5.91 Å². The molecule has 3 nitrogen and oxygen atoms in total. The quantitative estimate of drug-likeness (QED) is 0.866. The SMILES string of the molecule is CC(Oc1cc(I)ccc1Cl)C(N)=O. The van der Waals surface area contributed by atoms with Gasteiger partial charge in [0.1, 0.15) is 5.75 Å². The van der Waals surface area contributed by atoms with E-state index in [-0.39, 0.29) is 0 Å². The Labute approximate surface area is 101 Å². The number of halogens is 2. The van der Waals surface area contributed by atoms with Crippen molar-refractivity contribution >= 4 is 40.1 Å². The minimum Gasteiger partial charge on any atom is -0.479 e. The average Bonchev–Trinajstić information content (AvgIpc) is 2.11. The van der Waals surface area contributed by atoms with Crippen LogP contribution in [0.4, 0.5) is 0 Å². The van der Waals surface area contributed by atoms with Crippen LogP contribution >= 0.6 is 34.2 Å². The largest absolute Gasteiger partial charge is 0.479 e. The number of hydrogen-bond acceptors (Lipinski definition) is 2. The second kappa shape index (κ2) is 4.84. The second-order valence-electron chi connectivity index (χ2n) is 2.74. The molecule has 0 radical (unpaired) electrons. The summed E-state index contributed by atoms with van der Waals surface area (Å²) in [6.07, 6.45) is -0.675. The van der Waals surface area contributed by atoms with Gasteiger partial charge in [-0.2, -0.15) is 0 Å². The van der Waals surface area contributed by atoms with Crippen molar-refractivity contribution in [3.63, 3.8) is 0 Å². The van der Waals surface area contributed by atoms with Gasteiger partial charge in [-0.25, -0.2) is 0 Å². The molecule has 0 saturated heterocycles. The smallest absolute Gasteiger partial charge is 0.258 e. The number of amides is 1. The Kier molecular flexibility index (Phi) is 4.00. The first kappa shape index (κ1) is 11.6. The third-order valence-corrected chi connectivity index (χ3v) is 2.58. The summed E-state index contributed by atoms with van der Waals surface area (Å²) in [6, 6.07) is 5.32. The monoisotopic (exact) mass is 325 g/mol. The Hall–Kier alpha value is -0.490. The van der Waals surface area contributed by atoms with Gasteiger partial charge in [-0.15, -0.1) is 0 Å². The molecule has 1 aromatic carbocycles. The van der Waals surface area contributed by atoms with Crippen molar-refractivity contribution in [3.8, 4) is 5.75 Å². The molecule has 0 aliphatic heterocycles. The maximum absolute atomic E-state index is 10.8. The number of primary amides is 1. The number of nitrogens with two attached hydrogens (primary N) is 1. The van der Waals surface area contributed by atoms with E-state index in [2.05, 4.69) is 22.6 Å². The van der Waals surface area contributed by atoms with Crippen LogP contribution in [0.1, 0.15) is 6.92 Å². The zero-order chi connectivity index (χ0) is 10.7. The third kappa shape index (κ3) is 3.02. The maximum atomic E-state index is 10.8. The molecule has 0 fully saturated rings. The van der Waals surface area contributed by atoms with Crippen LogP contribution in [0.25, 0.3) is 0 Å². The molecule has 1 unspecified atom stereocenters. The summed E-state index contributed by atoms with van der Waals surface area (Å²) in [5.74, 6) is -0.0372. The van der Waals surface area contributed by atoms with Crippen molar-refractivity contribution in [2.75, 3.05) is 0 Å². The van der Waals surface area contributed by atoms with E-state index >= 15 is 0 Å². The van der Waals surface area contributed by atoms with Gasteiger partial charge in [0.2, 0.25) is 0 Å². The van der Waals surface area contributed by atoms with Gasteiger partial charge in [-0.1, -0.05) is 11.6 Å². The Morgan fingerprint density at radius 3 is 2.86 bits per heavy atom. The molecule has 1 atom stereocenters. The second-order valence-corrected chi connectivity index (χ2v) is 4.39. The van der Waals surface area contributed by atoms with Crippen LogP contribution in [-0.4, -0.2) is 12.0 Å². The molecule has 0 aliphatic carbocycles. The Balaban J connectivity index is 2.85. The summed E-state index contributed by atoms with van der Waals surface area (Å²) < 4.78 is 6.26. The lowest BCUT2D eigenvalue weighted by atomic mass is 10.3. The predicted molar refractivity (Wildman–Crippen MR) is 63.5 cm³/mol. The Morgan fingerprint density at radius 1 is 1.64 bits per heavy atom. The fraction of sp³-hybridized carbons (Fsp3) is 0.222. The first-order valence-corrected chi connectivity index (χ1v) is 5.37. The molecule has 2 N–H and O–H groups in total. The van der Waals surface area contributed by atoms with E-state index in [1.54, 1.807) is 19.1 Å². The molecule has 0 saturated carbocycles. The lowest BCUT2D eigenvalue weighted by molar-refractivity contribution is -0.123. The summed E-state index contributed by atoms with van der Waals surface area (Å²) >= 11 is 8.00. The van der Waals surface area contributed by atoms with Crippen molar-refractivity contribution in [3.05, 3.63) is 26.8 Å². The van der Waals surface area contributed by atoms with Crippen molar-refractivity contribution in [2.24, 2.45) is 5.73 Å². The molecule has 0 aromatic heterocycles. The number of benzene rings is 1. The normalized spacial score (nSPS) is 12.2. The molecule has 0 spiro atoms. The zero-order valence-electron chi connectivity index (χ0n) is 7.46. The van der Waals surface area contributed by atoms with E-state index in [1.807, 2.05) is 6.07 Å². The maximum Gasteiger partial charge on any atom is 0.258 e. The third-order valence-electron chi connectivity index (χ3n) is 1.60. The van der Waals surface area contributed by atoms with Gasteiger partial charge in [0, 0.05) is 3.57 Å². The predicted octanol–water partition coefficient (Wildman–Crippen LogP) is 2.20. The molecule has 0 aliphatic rings. The van der Waals surface area contributed by atoms with Crippen LogP contribution in [0.15, 0.2) is 18.2 Å².